The lowest BCUT2D eigenvalue weighted by Crippen LogP contribution is -2.37. The normalized spacial score (nSPS) is 23.0. The standard InChI is InChI=1S/C12H19N5O2/c1-7-3-10(11(13)16-19)15-12(14-7)17(2)6-8-4-9(18)5-8/h3,8-9,18-19H,4-6H2,1-2H3,(H2,13,16). The summed E-state index contributed by atoms with van der Waals surface area (Å²) in [5, 5.41) is 20.9. The number of hydrogen-bond donors (Lipinski definition) is 3. The number of oxime groups is 1. The molecule has 1 aliphatic rings. The Bertz CT molecular complexity index is 485. The summed E-state index contributed by atoms with van der Waals surface area (Å²) in [7, 11) is 1.90. The number of rotatable bonds is 4. The van der Waals surface area contributed by atoms with Crippen LogP contribution in [-0.2, 0) is 0 Å². The number of hydrogen-bond acceptors (Lipinski definition) is 6. The second-order valence-electron chi connectivity index (χ2n) is 5.05. The molecule has 0 amide bonds. The molecule has 1 saturated carbocycles. The predicted octanol–water partition coefficient (Wildman–Crippen LogP) is 0.0866. The maximum atomic E-state index is 9.28. The van der Waals surface area contributed by atoms with E-state index in [1.165, 1.54) is 0 Å². The SMILES string of the molecule is Cc1cc(/C(N)=N/O)nc(N(C)CC2CC(O)C2)n1. The Kier molecular flexibility index (Phi) is 3.84. The van der Waals surface area contributed by atoms with E-state index in [-0.39, 0.29) is 11.9 Å². The summed E-state index contributed by atoms with van der Waals surface area (Å²) >= 11 is 0. The van der Waals surface area contributed by atoms with Gasteiger partial charge in [0.1, 0.15) is 5.69 Å². The van der Waals surface area contributed by atoms with Gasteiger partial charge in [-0.1, -0.05) is 5.16 Å². The van der Waals surface area contributed by atoms with Crippen molar-refractivity contribution in [2.75, 3.05) is 18.5 Å². The first-order chi connectivity index (χ1) is 8.99. The van der Waals surface area contributed by atoms with Crippen LogP contribution < -0.4 is 10.6 Å². The second kappa shape index (κ2) is 5.40. The number of amidine groups is 1. The Hall–Kier alpha value is -1.89. The summed E-state index contributed by atoms with van der Waals surface area (Å²) in [5.41, 5.74) is 6.71. The van der Waals surface area contributed by atoms with Gasteiger partial charge < -0.3 is 20.9 Å². The van der Waals surface area contributed by atoms with E-state index in [4.69, 9.17) is 10.9 Å². The fourth-order valence-electron chi connectivity index (χ4n) is 2.22. The number of aliphatic hydroxyl groups excluding tert-OH is 1. The average Bonchev–Trinajstić information content (AvgIpc) is 2.35. The molecule has 0 radical (unpaired) electrons. The third-order valence-corrected chi connectivity index (χ3v) is 3.30. The van der Waals surface area contributed by atoms with Crippen LogP contribution in [0, 0.1) is 12.8 Å². The van der Waals surface area contributed by atoms with Gasteiger partial charge in [-0.15, -0.1) is 0 Å². The molecular weight excluding hydrogens is 246 g/mol. The number of nitrogens with zero attached hydrogens (tertiary/aromatic N) is 4. The van der Waals surface area contributed by atoms with Crippen molar-refractivity contribution < 1.29 is 10.3 Å². The van der Waals surface area contributed by atoms with Crippen molar-refractivity contribution in [3.63, 3.8) is 0 Å². The largest absolute Gasteiger partial charge is 0.409 e. The average molecular weight is 265 g/mol. The molecule has 0 aliphatic heterocycles. The first-order valence-electron chi connectivity index (χ1n) is 6.22. The molecule has 0 aromatic carbocycles. The van der Waals surface area contributed by atoms with Crippen LogP contribution in [0.4, 0.5) is 5.95 Å². The molecule has 19 heavy (non-hydrogen) atoms. The topological polar surface area (TPSA) is 108 Å². The van der Waals surface area contributed by atoms with Crippen LogP contribution in [-0.4, -0.2) is 45.8 Å². The van der Waals surface area contributed by atoms with E-state index in [0.717, 1.165) is 25.1 Å². The number of nitrogens with two attached hydrogens (primary N) is 1. The van der Waals surface area contributed by atoms with Gasteiger partial charge in [-0.05, 0) is 31.7 Å². The van der Waals surface area contributed by atoms with Crippen LogP contribution in [0.3, 0.4) is 0 Å². The van der Waals surface area contributed by atoms with E-state index < -0.39 is 0 Å². The summed E-state index contributed by atoms with van der Waals surface area (Å²) in [6, 6.07) is 1.67. The Morgan fingerprint density at radius 1 is 1.53 bits per heavy atom. The van der Waals surface area contributed by atoms with Crippen molar-refractivity contribution in [2.45, 2.75) is 25.9 Å². The van der Waals surface area contributed by atoms with Crippen molar-refractivity contribution in [1.29, 1.82) is 0 Å². The molecule has 1 fully saturated rings. The van der Waals surface area contributed by atoms with Gasteiger partial charge in [-0.3, -0.25) is 0 Å². The summed E-state index contributed by atoms with van der Waals surface area (Å²) in [5.74, 6) is 0.985. The van der Waals surface area contributed by atoms with Crippen LogP contribution >= 0.6 is 0 Å². The van der Waals surface area contributed by atoms with Crippen molar-refractivity contribution in [1.82, 2.24) is 9.97 Å². The molecule has 1 aromatic heterocycles. The van der Waals surface area contributed by atoms with E-state index in [0.29, 0.717) is 17.6 Å². The minimum Gasteiger partial charge on any atom is -0.409 e. The Morgan fingerprint density at radius 3 is 2.79 bits per heavy atom. The van der Waals surface area contributed by atoms with Crippen LogP contribution in [0.25, 0.3) is 0 Å². The van der Waals surface area contributed by atoms with Crippen LogP contribution in [0.2, 0.25) is 0 Å². The first kappa shape index (κ1) is 13.5. The Balaban J connectivity index is 2.12. The molecule has 2 rings (SSSR count). The lowest BCUT2D eigenvalue weighted by atomic mass is 9.82. The maximum Gasteiger partial charge on any atom is 0.225 e. The lowest BCUT2D eigenvalue weighted by molar-refractivity contribution is 0.0463. The van der Waals surface area contributed by atoms with Gasteiger partial charge >= 0.3 is 0 Å². The summed E-state index contributed by atoms with van der Waals surface area (Å²) < 4.78 is 0. The lowest BCUT2D eigenvalue weighted by Gasteiger charge is -2.34. The number of anilines is 1. The molecule has 0 saturated heterocycles. The Morgan fingerprint density at radius 2 is 2.21 bits per heavy atom. The Labute approximate surface area is 111 Å². The number of aromatic nitrogens is 2. The van der Waals surface area contributed by atoms with E-state index in [1.807, 2.05) is 18.9 Å². The fraction of sp³-hybridized carbons (Fsp3) is 0.583. The molecule has 7 heteroatoms. The fourth-order valence-corrected chi connectivity index (χ4v) is 2.22. The zero-order chi connectivity index (χ0) is 14.0. The highest BCUT2D eigenvalue weighted by Gasteiger charge is 2.28. The molecule has 0 bridgehead atoms. The van der Waals surface area contributed by atoms with Gasteiger partial charge in [-0.2, -0.15) is 0 Å². The van der Waals surface area contributed by atoms with Crippen LogP contribution in [0.15, 0.2) is 11.2 Å². The van der Waals surface area contributed by atoms with E-state index in [2.05, 4.69) is 15.1 Å². The molecule has 104 valence electrons. The molecule has 1 aromatic rings. The monoisotopic (exact) mass is 265 g/mol. The predicted molar refractivity (Wildman–Crippen MR) is 71.3 cm³/mol. The highest BCUT2D eigenvalue weighted by molar-refractivity contribution is 5.95. The van der Waals surface area contributed by atoms with Gasteiger partial charge in [0.25, 0.3) is 0 Å². The summed E-state index contributed by atoms with van der Waals surface area (Å²) in [6.07, 6.45) is 1.48. The third-order valence-electron chi connectivity index (χ3n) is 3.30. The third kappa shape index (κ3) is 3.11. The molecular formula is C12H19N5O2. The zero-order valence-corrected chi connectivity index (χ0v) is 11.1. The van der Waals surface area contributed by atoms with Crippen LogP contribution in [0.5, 0.6) is 0 Å². The van der Waals surface area contributed by atoms with Crippen molar-refractivity contribution >= 4 is 11.8 Å². The highest BCUT2D eigenvalue weighted by atomic mass is 16.4. The maximum absolute atomic E-state index is 9.28. The summed E-state index contributed by atoms with van der Waals surface area (Å²) in [6.45, 7) is 2.62. The van der Waals surface area contributed by atoms with E-state index >= 15 is 0 Å². The molecule has 4 N–H and O–H groups in total. The molecule has 1 heterocycles. The van der Waals surface area contributed by atoms with Gasteiger partial charge in [0.15, 0.2) is 5.84 Å². The molecule has 1 aliphatic carbocycles. The molecule has 0 unspecified atom stereocenters. The quantitative estimate of drug-likeness (QED) is 0.308. The molecule has 0 atom stereocenters. The van der Waals surface area contributed by atoms with Gasteiger partial charge in [0.05, 0.1) is 6.10 Å². The minimum atomic E-state index is -0.162. The van der Waals surface area contributed by atoms with Crippen LogP contribution in [0.1, 0.15) is 24.2 Å². The minimum absolute atomic E-state index is 0.0285. The smallest absolute Gasteiger partial charge is 0.225 e. The molecule has 7 nitrogen and oxygen atoms in total. The van der Waals surface area contributed by atoms with Gasteiger partial charge in [0.2, 0.25) is 5.95 Å². The summed E-state index contributed by atoms with van der Waals surface area (Å²) in [4.78, 5) is 10.5. The van der Waals surface area contributed by atoms with Gasteiger partial charge in [0, 0.05) is 19.3 Å². The highest BCUT2D eigenvalue weighted by Crippen LogP contribution is 2.28. The van der Waals surface area contributed by atoms with Gasteiger partial charge in [-0.25, -0.2) is 9.97 Å². The molecule has 0 spiro atoms. The van der Waals surface area contributed by atoms with Crippen molar-refractivity contribution in [3.8, 4) is 0 Å². The van der Waals surface area contributed by atoms with E-state index in [9.17, 15) is 5.11 Å². The van der Waals surface area contributed by atoms with E-state index in [1.54, 1.807) is 6.07 Å². The van der Waals surface area contributed by atoms with Crippen molar-refractivity contribution in [3.05, 3.63) is 17.5 Å². The second-order valence-corrected chi connectivity index (χ2v) is 5.05. The van der Waals surface area contributed by atoms with Crippen molar-refractivity contribution in [2.24, 2.45) is 16.8 Å². The zero-order valence-electron chi connectivity index (χ0n) is 11.1. The number of aliphatic hydroxyl groups is 1. The first-order valence-corrected chi connectivity index (χ1v) is 6.22. The number of aryl methyl sites for hydroxylation is 1.